The average Bonchev–Trinajstić information content (AvgIpc) is 3.48. The summed E-state index contributed by atoms with van der Waals surface area (Å²) in [5, 5.41) is 10.7. The lowest BCUT2D eigenvalue weighted by Crippen LogP contribution is -2.48. The molecule has 2 aromatic carbocycles. The molecule has 10 heteroatoms. The number of nitrogens with zero attached hydrogens (tertiary/aromatic N) is 3. The van der Waals surface area contributed by atoms with Crippen LogP contribution in [0.5, 0.6) is 0 Å². The van der Waals surface area contributed by atoms with E-state index in [4.69, 9.17) is 9.47 Å². The zero-order chi connectivity index (χ0) is 31.6. The zero-order valence-electron chi connectivity index (χ0n) is 26.3. The van der Waals surface area contributed by atoms with Crippen LogP contribution in [0.1, 0.15) is 83.5 Å². The van der Waals surface area contributed by atoms with E-state index >= 15 is 0 Å². The third-order valence-electron chi connectivity index (χ3n) is 8.61. The second kappa shape index (κ2) is 15.8. The van der Waals surface area contributed by atoms with Crippen LogP contribution in [-0.2, 0) is 34.0 Å². The maximum Gasteiger partial charge on any atom is 0.273 e. The minimum atomic E-state index is -0.380. The summed E-state index contributed by atoms with van der Waals surface area (Å²) in [7, 11) is 3.26. The number of hydrogen-bond acceptors (Lipinski definition) is 6. The molecule has 45 heavy (non-hydrogen) atoms. The predicted molar refractivity (Wildman–Crippen MR) is 170 cm³/mol. The lowest BCUT2D eigenvalue weighted by Gasteiger charge is -2.32. The topological polar surface area (TPSA) is 115 Å². The zero-order valence-corrected chi connectivity index (χ0v) is 26.3. The molecule has 2 N–H and O–H groups in total. The Bertz CT molecular complexity index is 1410. The van der Waals surface area contributed by atoms with E-state index in [2.05, 4.69) is 15.7 Å². The van der Waals surface area contributed by atoms with Crippen molar-refractivity contribution in [2.24, 2.45) is 0 Å². The quantitative estimate of drug-likeness (QED) is 0.311. The molecule has 3 aromatic rings. The van der Waals surface area contributed by atoms with E-state index < -0.39 is 0 Å². The van der Waals surface area contributed by atoms with E-state index in [0.717, 1.165) is 62.5 Å². The fourth-order valence-corrected chi connectivity index (χ4v) is 6.16. The minimum absolute atomic E-state index is 0.103. The van der Waals surface area contributed by atoms with Crippen LogP contribution in [0.3, 0.4) is 0 Å². The van der Waals surface area contributed by atoms with Gasteiger partial charge in [-0.2, -0.15) is 5.10 Å². The summed E-state index contributed by atoms with van der Waals surface area (Å²) in [5.74, 6) is -1.00. The summed E-state index contributed by atoms with van der Waals surface area (Å²) in [6.45, 7) is 0.757. The summed E-state index contributed by atoms with van der Waals surface area (Å²) in [6, 6.07) is 21.1. The smallest absolute Gasteiger partial charge is 0.273 e. The summed E-state index contributed by atoms with van der Waals surface area (Å²) < 4.78 is 13.8. The van der Waals surface area contributed by atoms with Gasteiger partial charge in [0, 0.05) is 20.2 Å². The molecule has 0 bridgehead atoms. The normalized spacial score (nSPS) is 21.6. The SMILES string of the molecule is CN(C)C(=O)c1cc(C(=O)N[C@H]2CCCC[C@@H]2OCc2ccccc2)n(CC(=O)NC2CCCC[C@@H]2OCc2ccccc2)n1. The Balaban J connectivity index is 1.25. The van der Waals surface area contributed by atoms with Crippen LogP contribution in [0, 0.1) is 0 Å². The second-order valence-electron chi connectivity index (χ2n) is 12.3. The largest absolute Gasteiger partial charge is 0.371 e. The van der Waals surface area contributed by atoms with Crippen molar-refractivity contribution in [3.05, 3.63) is 89.2 Å². The third kappa shape index (κ3) is 9.02. The fourth-order valence-electron chi connectivity index (χ4n) is 6.16. The van der Waals surface area contributed by atoms with Crippen LogP contribution < -0.4 is 10.6 Å². The van der Waals surface area contributed by atoms with Gasteiger partial charge in [0.1, 0.15) is 12.2 Å². The minimum Gasteiger partial charge on any atom is -0.371 e. The van der Waals surface area contributed by atoms with Crippen LogP contribution in [0.2, 0.25) is 0 Å². The molecule has 2 aliphatic rings. The van der Waals surface area contributed by atoms with Crippen molar-refractivity contribution in [2.45, 2.75) is 95.4 Å². The van der Waals surface area contributed by atoms with Gasteiger partial charge in [0.2, 0.25) is 5.91 Å². The summed E-state index contributed by atoms with van der Waals surface area (Å²) in [5.41, 5.74) is 2.45. The fraction of sp³-hybridized carbons (Fsp3) is 0.486. The Morgan fingerprint density at radius 2 is 1.29 bits per heavy atom. The van der Waals surface area contributed by atoms with E-state index in [0.29, 0.717) is 13.2 Å². The summed E-state index contributed by atoms with van der Waals surface area (Å²) in [6.07, 6.45) is 7.13. The molecular formula is C35H45N5O5. The Hall–Kier alpha value is -4.02. The van der Waals surface area contributed by atoms with Crippen LogP contribution in [-0.4, -0.2) is 70.8 Å². The Kier molecular flexibility index (Phi) is 11.4. The van der Waals surface area contributed by atoms with Gasteiger partial charge in [-0.15, -0.1) is 0 Å². The van der Waals surface area contributed by atoms with Gasteiger partial charge in [-0.1, -0.05) is 86.3 Å². The molecule has 1 unspecified atom stereocenters. The van der Waals surface area contributed by atoms with Gasteiger partial charge in [-0.05, 0) is 36.8 Å². The number of ether oxygens (including phenoxy) is 2. The van der Waals surface area contributed by atoms with Crippen LogP contribution in [0.25, 0.3) is 0 Å². The standard InChI is InChI=1S/C35H45N5O5/c1-39(2)35(43)29-21-30(34(42)37-28-18-10-12-20-32(28)45-24-26-15-7-4-8-16-26)40(38-29)22-33(41)36-27-17-9-11-19-31(27)44-23-25-13-5-3-6-14-25/h3-8,13-16,21,27-28,31-32H,9-12,17-20,22-24H2,1-2H3,(H,36,41)(H,37,42)/t27?,28-,31-,32-/m0/s1. The van der Waals surface area contributed by atoms with Crippen LogP contribution in [0.15, 0.2) is 66.7 Å². The number of benzene rings is 2. The molecule has 2 fully saturated rings. The van der Waals surface area contributed by atoms with E-state index in [1.807, 2.05) is 60.7 Å². The average molecular weight is 616 g/mol. The lowest BCUT2D eigenvalue weighted by atomic mass is 9.92. The van der Waals surface area contributed by atoms with Gasteiger partial charge >= 0.3 is 0 Å². The summed E-state index contributed by atoms with van der Waals surface area (Å²) >= 11 is 0. The van der Waals surface area contributed by atoms with Crippen molar-refractivity contribution in [1.29, 1.82) is 0 Å². The highest BCUT2D eigenvalue weighted by Crippen LogP contribution is 2.24. The maximum atomic E-state index is 13.7. The molecule has 4 atom stereocenters. The highest BCUT2D eigenvalue weighted by Gasteiger charge is 2.31. The van der Waals surface area contributed by atoms with E-state index in [-0.39, 0.29) is 59.9 Å². The van der Waals surface area contributed by atoms with Crippen molar-refractivity contribution < 1.29 is 23.9 Å². The Morgan fingerprint density at radius 3 is 1.82 bits per heavy atom. The number of carbonyl (C=O) groups excluding carboxylic acids is 3. The van der Waals surface area contributed by atoms with Gasteiger partial charge in [-0.25, -0.2) is 4.68 Å². The molecule has 0 radical (unpaired) electrons. The van der Waals surface area contributed by atoms with Gasteiger partial charge in [-0.3, -0.25) is 14.4 Å². The molecule has 2 aliphatic carbocycles. The molecule has 5 rings (SSSR count). The Morgan fingerprint density at radius 1 is 0.778 bits per heavy atom. The van der Waals surface area contributed by atoms with Gasteiger partial charge in [0.15, 0.2) is 5.69 Å². The molecule has 1 heterocycles. The van der Waals surface area contributed by atoms with Crippen LogP contribution in [0.4, 0.5) is 0 Å². The maximum absolute atomic E-state index is 13.7. The number of rotatable bonds is 12. The van der Waals surface area contributed by atoms with Crippen molar-refractivity contribution >= 4 is 17.7 Å². The second-order valence-corrected chi connectivity index (χ2v) is 12.3. The Labute approximate surface area is 265 Å². The first-order chi connectivity index (χ1) is 21.9. The molecule has 240 valence electrons. The molecule has 3 amide bonds. The first-order valence-electron chi connectivity index (χ1n) is 16.1. The number of hydrogen-bond donors (Lipinski definition) is 2. The lowest BCUT2D eigenvalue weighted by molar-refractivity contribution is -0.124. The highest BCUT2D eigenvalue weighted by molar-refractivity contribution is 5.98. The van der Waals surface area contributed by atoms with Crippen molar-refractivity contribution in [1.82, 2.24) is 25.3 Å². The van der Waals surface area contributed by atoms with E-state index in [1.165, 1.54) is 15.6 Å². The molecule has 0 spiro atoms. The predicted octanol–water partition coefficient (Wildman–Crippen LogP) is 4.49. The van der Waals surface area contributed by atoms with Gasteiger partial charge in [0.25, 0.3) is 11.8 Å². The monoisotopic (exact) mass is 615 g/mol. The molecule has 0 aliphatic heterocycles. The van der Waals surface area contributed by atoms with Crippen molar-refractivity contribution in [3.63, 3.8) is 0 Å². The molecule has 1 aromatic heterocycles. The molecule has 10 nitrogen and oxygen atoms in total. The molecule has 0 saturated heterocycles. The number of carbonyl (C=O) groups is 3. The van der Waals surface area contributed by atoms with Gasteiger partial charge in [0.05, 0.1) is 37.5 Å². The third-order valence-corrected chi connectivity index (χ3v) is 8.61. The van der Waals surface area contributed by atoms with Gasteiger partial charge < -0.3 is 25.0 Å². The summed E-state index contributed by atoms with van der Waals surface area (Å²) in [4.78, 5) is 41.3. The van der Waals surface area contributed by atoms with E-state index in [1.54, 1.807) is 14.1 Å². The first kappa shape index (κ1) is 32.4. The number of nitrogens with one attached hydrogen (secondary N) is 2. The number of amides is 3. The molecule has 2 saturated carbocycles. The number of aromatic nitrogens is 2. The van der Waals surface area contributed by atoms with Crippen LogP contribution >= 0.6 is 0 Å². The first-order valence-corrected chi connectivity index (χ1v) is 16.1. The van der Waals surface area contributed by atoms with Crippen molar-refractivity contribution in [2.75, 3.05) is 14.1 Å². The highest BCUT2D eigenvalue weighted by atomic mass is 16.5. The van der Waals surface area contributed by atoms with Crippen molar-refractivity contribution in [3.8, 4) is 0 Å². The van der Waals surface area contributed by atoms with E-state index in [9.17, 15) is 14.4 Å². The molecular weight excluding hydrogens is 570 g/mol.